The summed E-state index contributed by atoms with van der Waals surface area (Å²) in [6, 6.07) is 22.9. The molecule has 40 heavy (non-hydrogen) atoms. The van der Waals surface area contributed by atoms with E-state index in [9.17, 15) is 18.3 Å². The fraction of sp³-hybridized carbons (Fsp3) is 0.406. The predicted octanol–water partition coefficient (Wildman–Crippen LogP) is 5.05. The normalized spacial score (nSPS) is 12.9. The van der Waals surface area contributed by atoms with Crippen molar-refractivity contribution in [1.82, 2.24) is 9.62 Å². The number of aliphatic carboxylic acids is 1. The van der Waals surface area contributed by atoms with E-state index in [-0.39, 0.29) is 29.9 Å². The average Bonchev–Trinajstić information content (AvgIpc) is 2.91. The second kappa shape index (κ2) is 14.0. The van der Waals surface area contributed by atoms with Gasteiger partial charge in [-0.15, -0.1) is 0 Å². The molecule has 3 aromatic rings. The molecule has 0 bridgehead atoms. The van der Waals surface area contributed by atoms with Gasteiger partial charge in [-0.2, -0.15) is 4.31 Å². The summed E-state index contributed by atoms with van der Waals surface area (Å²) in [4.78, 5) is 11.2. The van der Waals surface area contributed by atoms with Gasteiger partial charge < -0.3 is 15.5 Å². The number of benzene rings is 3. The largest absolute Gasteiger partial charge is 0.481 e. The molecule has 3 N–H and O–H groups in total. The zero-order valence-electron chi connectivity index (χ0n) is 23.9. The standard InChI is InChI=1S/C32H42N2O5S/c1-24-21-28(17-18-29(24)30-15-9-8-14-26(30)16-19-31(36)37)40(38,39)34(4)23-27(35)22-33-32(2,3)20-10-13-25-11-6-5-7-12-25/h5-9,11-12,14-15,17-18,21,27,33,35H,10,13,16,19-20,22-23H2,1-4H3,(H,36,37). The molecule has 1 unspecified atom stereocenters. The van der Waals surface area contributed by atoms with Crippen LogP contribution in [-0.4, -0.2) is 60.7 Å². The van der Waals surface area contributed by atoms with Gasteiger partial charge >= 0.3 is 5.97 Å². The van der Waals surface area contributed by atoms with Crippen molar-refractivity contribution in [3.05, 3.63) is 89.5 Å². The van der Waals surface area contributed by atoms with Crippen LogP contribution in [0.1, 0.15) is 49.8 Å². The Morgan fingerprint density at radius 1 is 0.975 bits per heavy atom. The third kappa shape index (κ3) is 8.99. The molecular weight excluding hydrogens is 524 g/mol. The van der Waals surface area contributed by atoms with E-state index in [1.165, 1.54) is 16.9 Å². The number of carboxylic acids is 1. The number of rotatable bonds is 15. The quantitative estimate of drug-likeness (QED) is 0.238. The first kappa shape index (κ1) is 31.5. The maximum atomic E-state index is 13.3. The van der Waals surface area contributed by atoms with Gasteiger partial charge in [0.05, 0.1) is 11.0 Å². The molecule has 3 rings (SSSR count). The zero-order chi connectivity index (χ0) is 29.3. The van der Waals surface area contributed by atoms with Gasteiger partial charge in [-0.3, -0.25) is 4.79 Å². The third-order valence-corrected chi connectivity index (χ3v) is 9.04. The van der Waals surface area contributed by atoms with E-state index in [0.717, 1.165) is 41.5 Å². The van der Waals surface area contributed by atoms with Crippen molar-refractivity contribution in [2.24, 2.45) is 0 Å². The monoisotopic (exact) mass is 566 g/mol. The molecule has 8 heteroatoms. The van der Waals surface area contributed by atoms with E-state index in [1.54, 1.807) is 18.2 Å². The minimum absolute atomic E-state index is 0.0232. The summed E-state index contributed by atoms with van der Waals surface area (Å²) < 4.78 is 27.8. The van der Waals surface area contributed by atoms with Crippen LogP contribution in [0.4, 0.5) is 0 Å². The minimum atomic E-state index is -3.82. The summed E-state index contributed by atoms with van der Waals surface area (Å²) >= 11 is 0. The highest BCUT2D eigenvalue weighted by Crippen LogP contribution is 2.30. The first-order valence-electron chi connectivity index (χ1n) is 13.7. The number of nitrogens with zero attached hydrogens (tertiary/aromatic N) is 1. The lowest BCUT2D eigenvalue weighted by molar-refractivity contribution is -0.136. The number of aliphatic hydroxyl groups is 1. The van der Waals surface area contributed by atoms with Crippen LogP contribution in [0.3, 0.4) is 0 Å². The number of β-amino-alcohol motifs (C(OH)–C–C–N with tert-alkyl or cyclic N) is 1. The van der Waals surface area contributed by atoms with Gasteiger partial charge in [-0.1, -0.05) is 60.7 Å². The fourth-order valence-electron chi connectivity index (χ4n) is 4.84. The number of nitrogens with one attached hydrogen (secondary N) is 1. The topological polar surface area (TPSA) is 107 Å². The van der Waals surface area contributed by atoms with Gasteiger partial charge in [0.15, 0.2) is 0 Å². The van der Waals surface area contributed by atoms with Crippen molar-refractivity contribution in [2.45, 2.75) is 69.4 Å². The van der Waals surface area contributed by atoms with Crippen molar-refractivity contribution in [2.75, 3.05) is 20.1 Å². The van der Waals surface area contributed by atoms with Crippen LogP contribution >= 0.6 is 0 Å². The lowest BCUT2D eigenvalue weighted by atomic mass is 9.94. The zero-order valence-corrected chi connectivity index (χ0v) is 24.7. The van der Waals surface area contributed by atoms with Crippen LogP contribution in [0.25, 0.3) is 11.1 Å². The Kier molecular flexibility index (Phi) is 11.0. The number of hydrogen-bond acceptors (Lipinski definition) is 5. The molecule has 0 aromatic heterocycles. The fourth-order valence-corrected chi connectivity index (χ4v) is 6.14. The number of likely N-dealkylation sites (N-methyl/N-ethyl adjacent to an activating group) is 1. The first-order chi connectivity index (χ1) is 18.9. The molecule has 0 aliphatic rings. The Morgan fingerprint density at radius 3 is 2.33 bits per heavy atom. The summed E-state index contributed by atoms with van der Waals surface area (Å²) in [5, 5.41) is 23.1. The summed E-state index contributed by atoms with van der Waals surface area (Å²) in [5.74, 6) is -0.861. The van der Waals surface area contributed by atoms with Crippen molar-refractivity contribution in [1.29, 1.82) is 0 Å². The molecule has 216 valence electrons. The molecule has 0 spiro atoms. The van der Waals surface area contributed by atoms with Gasteiger partial charge in [0, 0.05) is 32.1 Å². The Hall–Kier alpha value is -3.04. The number of sulfonamides is 1. The van der Waals surface area contributed by atoms with Crippen molar-refractivity contribution in [3.8, 4) is 11.1 Å². The summed E-state index contributed by atoms with van der Waals surface area (Å²) in [6.45, 7) is 6.28. The first-order valence-corrected chi connectivity index (χ1v) is 15.2. The smallest absolute Gasteiger partial charge is 0.303 e. The molecule has 3 aromatic carbocycles. The molecule has 0 saturated carbocycles. The van der Waals surface area contributed by atoms with E-state index >= 15 is 0 Å². The summed E-state index contributed by atoms with van der Waals surface area (Å²) in [7, 11) is -2.34. The number of aliphatic hydroxyl groups excluding tert-OH is 1. The number of carbonyl (C=O) groups is 1. The Morgan fingerprint density at radius 2 is 1.65 bits per heavy atom. The van der Waals surface area contributed by atoms with Crippen LogP contribution < -0.4 is 5.32 Å². The highest BCUT2D eigenvalue weighted by atomic mass is 32.2. The van der Waals surface area contributed by atoms with Crippen LogP contribution in [0, 0.1) is 6.92 Å². The van der Waals surface area contributed by atoms with Crippen molar-refractivity contribution < 1.29 is 23.4 Å². The predicted molar refractivity (Wildman–Crippen MR) is 160 cm³/mol. The summed E-state index contributed by atoms with van der Waals surface area (Å²) in [6.07, 6.45) is 2.47. The van der Waals surface area contributed by atoms with E-state index < -0.39 is 22.1 Å². The molecule has 0 amide bonds. The second-order valence-electron chi connectivity index (χ2n) is 11.1. The van der Waals surface area contributed by atoms with Crippen LogP contribution in [0.2, 0.25) is 0 Å². The number of aryl methyl sites for hydroxylation is 3. The molecule has 0 aliphatic heterocycles. The molecule has 1 atom stereocenters. The maximum absolute atomic E-state index is 13.3. The molecule has 0 heterocycles. The van der Waals surface area contributed by atoms with E-state index in [0.29, 0.717) is 6.42 Å². The second-order valence-corrected chi connectivity index (χ2v) is 13.1. The molecule has 0 saturated heterocycles. The van der Waals surface area contributed by atoms with Crippen molar-refractivity contribution in [3.63, 3.8) is 0 Å². The molecule has 7 nitrogen and oxygen atoms in total. The van der Waals surface area contributed by atoms with Gasteiger partial charge in [-0.05, 0) is 86.4 Å². The molecular formula is C32H42N2O5S. The third-order valence-electron chi connectivity index (χ3n) is 7.22. The Bertz CT molecular complexity index is 1370. The number of carboxylic acid groups (broad SMARTS) is 1. The lowest BCUT2D eigenvalue weighted by Crippen LogP contribution is -2.46. The molecule has 0 radical (unpaired) electrons. The molecule has 0 fully saturated rings. The van der Waals surface area contributed by atoms with E-state index in [1.807, 2.05) is 49.4 Å². The molecule has 0 aliphatic carbocycles. The van der Waals surface area contributed by atoms with Crippen LogP contribution in [0.5, 0.6) is 0 Å². The highest BCUT2D eigenvalue weighted by molar-refractivity contribution is 7.89. The van der Waals surface area contributed by atoms with Crippen LogP contribution in [-0.2, 0) is 27.7 Å². The van der Waals surface area contributed by atoms with Gasteiger partial charge in [0.1, 0.15) is 0 Å². The lowest BCUT2D eigenvalue weighted by Gasteiger charge is -2.29. The highest BCUT2D eigenvalue weighted by Gasteiger charge is 2.25. The van der Waals surface area contributed by atoms with Gasteiger partial charge in [0.2, 0.25) is 10.0 Å². The van der Waals surface area contributed by atoms with E-state index in [2.05, 4.69) is 31.3 Å². The van der Waals surface area contributed by atoms with Gasteiger partial charge in [0.25, 0.3) is 0 Å². The Balaban J connectivity index is 1.59. The SMILES string of the molecule is Cc1cc(S(=O)(=O)N(C)CC(O)CNC(C)(C)CCCc2ccccc2)ccc1-c1ccccc1CCC(=O)O. The summed E-state index contributed by atoms with van der Waals surface area (Å²) in [5.41, 5.74) is 4.54. The average molecular weight is 567 g/mol. The van der Waals surface area contributed by atoms with E-state index in [4.69, 9.17) is 5.11 Å². The Labute approximate surface area is 238 Å². The van der Waals surface area contributed by atoms with Gasteiger partial charge in [-0.25, -0.2) is 8.42 Å². The minimum Gasteiger partial charge on any atom is -0.481 e. The van der Waals surface area contributed by atoms with Crippen LogP contribution in [0.15, 0.2) is 77.7 Å². The maximum Gasteiger partial charge on any atom is 0.303 e. The number of hydrogen-bond donors (Lipinski definition) is 3. The van der Waals surface area contributed by atoms with Crippen molar-refractivity contribution >= 4 is 16.0 Å².